The molecule has 0 radical (unpaired) electrons. The highest BCUT2D eigenvalue weighted by Gasteiger charge is 2.22. The Morgan fingerprint density at radius 2 is 1.86 bits per heavy atom. The number of nitrogens with zero attached hydrogens (tertiary/aromatic N) is 2. The highest BCUT2D eigenvalue weighted by molar-refractivity contribution is 5.93. The summed E-state index contributed by atoms with van der Waals surface area (Å²) >= 11 is 0. The van der Waals surface area contributed by atoms with Crippen molar-refractivity contribution in [2.24, 2.45) is 5.73 Å². The van der Waals surface area contributed by atoms with E-state index in [2.05, 4.69) is 47.4 Å². The Kier molecular flexibility index (Phi) is 5.49. The van der Waals surface area contributed by atoms with Gasteiger partial charge in [0.2, 0.25) is 5.91 Å². The van der Waals surface area contributed by atoms with Gasteiger partial charge < -0.3 is 5.73 Å². The second-order valence-electron chi connectivity index (χ2n) is 7.45. The van der Waals surface area contributed by atoms with E-state index < -0.39 is 5.91 Å². The molecule has 3 aromatic rings. The lowest BCUT2D eigenvalue weighted by Crippen LogP contribution is -2.34. The zero-order chi connectivity index (χ0) is 19.3. The third-order valence-electron chi connectivity index (χ3n) is 5.39. The van der Waals surface area contributed by atoms with E-state index >= 15 is 0 Å². The fraction of sp³-hybridized carbons (Fsp3) is 0.250. The van der Waals surface area contributed by atoms with Gasteiger partial charge in [-0.3, -0.25) is 14.7 Å². The first-order valence-corrected chi connectivity index (χ1v) is 9.82. The van der Waals surface area contributed by atoms with E-state index in [1.807, 2.05) is 24.3 Å². The molecule has 1 saturated heterocycles. The zero-order valence-electron chi connectivity index (χ0n) is 15.9. The molecule has 28 heavy (non-hydrogen) atoms. The van der Waals surface area contributed by atoms with Crippen LogP contribution in [0.2, 0.25) is 0 Å². The van der Waals surface area contributed by atoms with Gasteiger partial charge in [0.25, 0.3) is 0 Å². The fourth-order valence-electron chi connectivity index (χ4n) is 3.95. The summed E-state index contributed by atoms with van der Waals surface area (Å²) in [4.78, 5) is 18.9. The molecule has 4 heteroatoms. The third kappa shape index (κ3) is 4.29. The van der Waals surface area contributed by atoms with E-state index in [-0.39, 0.29) is 0 Å². The second-order valence-corrected chi connectivity index (χ2v) is 7.45. The molecule has 1 atom stereocenters. The molecule has 1 aliphatic heterocycles. The monoisotopic (exact) mass is 371 g/mol. The number of aromatic nitrogens is 1. The first kappa shape index (κ1) is 18.4. The quantitative estimate of drug-likeness (QED) is 0.730. The van der Waals surface area contributed by atoms with Crippen molar-refractivity contribution in [2.45, 2.75) is 25.3 Å². The van der Waals surface area contributed by atoms with Crippen molar-refractivity contribution in [3.05, 3.63) is 89.6 Å². The van der Waals surface area contributed by atoms with Crippen LogP contribution in [0.5, 0.6) is 0 Å². The molecule has 0 spiro atoms. The molecule has 4 rings (SSSR count). The molecule has 2 N–H and O–H groups in total. The standard InChI is InChI=1S/C24H25N3O/c25-24(28)20-10-4-9-19(15-20)22-12-5-13-23(26-22)21-11-6-14-27(17-21)16-18-7-2-1-3-8-18/h1-5,7-10,12-13,15,21H,6,11,14,16-17H2,(H2,25,28)/t21-/m0/s1. The van der Waals surface area contributed by atoms with E-state index in [1.54, 1.807) is 6.07 Å². The summed E-state index contributed by atoms with van der Waals surface area (Å²) in [5.74, 6) is 0.0126. The normalized spacial score (nSPS) is 17.4. The third-order valence-corrected chi connectivity index (χ3v) is 5.39. The van der Waals surface area contributed by atoms with Gasteiger partial charge in [0, 0.05) is 35.8 Å². The number of amides is 1. The van der Waals surface area contributed by atoms with Crippen molar-refractivity contribution < 1.29 is 4.79 Å². The number of nitrogens with two attached hydrogens (primary N) is 1. The topological polar surface area (TPSA) is 59.2 Å². The van der Waals surface area contributed by atoms with Crippen LogP contribution in [0.4, 0.5) is 0 Å². The van der Waals surface area contributed by atoms with Crippen molar-refractivity contribution in [1.29, 1.82) is 0 Å². The van der Waals surface area contributed by atoms with Crippen molar-refractivity contribution in [1.82, 2.24) is 9.88 Å². The van der Waals surface area contributed by atoms with Crippen molar-refractivity contribution in [3.8, 4) is 11.3 Å². The predicted octanol–water partition coefficient (Wildman–Crippen LogP) is 4.23. The van der Waals surface area contributed by atoms with Gasteiger partial charge in [-0.2, -0.15) is 0 Å². The highest BCUT2D eigenvalue weighted by Crippen LogP contribution is 2.28. The maximum Gasteiger partial charge on any atom is 0.248 e. The highest BCUT2D eigenvalue weighted by atomic mass is 16.1. The molecular weight excluding hydrogens is 346 g/mol. The SMILES string of the molecule is NC(=O)c1cccc(-c2cccc([C@H]3CCCN(Cc4ccccc4)C3)n2)c1. The lowest BCUT2D eigenvalue weighted by atomic mass is 9.93. The van der Waals surface area contributed by atoms with Gasteiger partial charge in [-0.05, 0) is 49.2 Å². The molecule has 1 aliphatic rings. The maximum absolute atomic E-state index is 11.5. The molecule has 142 valence electrons. The van der Waals surface area contributed by atoms with Crippen LogP contribution in [0, 0.1) is 0 Å². The zero-order valence-corrected chi connectivity index (χ0v) is 15.9. The summed E-state index contributed by atoms with van der Waals surface area (Å²) in [6.45, 7) is 3.14. The number of hydrogen-bond acceptors (Lipinski definition) is 3. The number of likely N-dealkylation sites (tertiary alicyclic amines) is 1. The fourth-order valence-corrected chi connectivity index (χ4v) is 3.95. The van der Waals surface area contributed by atoms with Crippen LogP contribution in [0.25, 0.3) is 11.3 Å². The number of hydrogen-bond donors (Lipinski definition) is 1. The first-order valence-electron chi connectivity index (χ1n) is 9.82. The molecule has 0 bridgehead atoms. The van der Waals surface area contributed by atoms with Crippen LogP contribution >= 0.6 is 0 Å². The Morgan fingerprint density at radius 3 is 2.68 bits per heavy atom. The molecule has 0 aliphatic carbocycles. The lowest BCUT2D eigenvalue weighted by Gasteiger charge is -2.32. The smallest absolute Gasteiger partial charge is 0.248 e. The van der Waals surface area contributed by atoms with E-state index in [4.69, 9.17) is 10.7 Å². The van der Waals surface area contributed by atoms with Gasteiger partial charge >= 0.3 is 0 Å². The van der Waals surface area contributed by atoms with Crippen molar-refractivity contribution in [2.75, 3.05) is 13.1 Å². The number of benzene rings is 2. The Morgan fingerprint density at radius 1 is 1.04 bits per heavy atom. The Bertz CT molecular complexity index is 955. The van der Waals surface area contributed by atoms with Crippen LogP contribution in [-0.4, -0.2) is 28.9 Å². The number of piperidine rings is 1. The summed E-state index contributed by atoms with van der Waals surface area (Å²) in [6.07, 6.45) is 2.34. The number of pyridine rings is 1. The summed E-state index contributed by atoms with van der Waals surface area (Å²) in [7, 11) is 0. The van der Waals surface area contributed by atoms with Crippen molar-refractivity contribution in [3.63, 3.8) is 0 Å². The van der Waals surface area contributed by atoms with Gasteiger partial charge in [-0.25, -0.2) is 0 Å². The molecule has 0 unspecified atom stereocenters. The van der Waals surface area contributed by atoms with E-state index in [1.165, 1.54) is 12.0 Å². The van der Waals surface area contributed by atoms with Gasteiger partial charge in [0.05, 0.1) is 5.69 Å². The van der Waals surface area contributed by atoms with Crippen molar-refractivity contribution >= 4 is 5.91 Å². The summed E-state index contributed by atoms with van der Waals surface area (Å²) in [5.41, 5.74) is 10.2. The predicted molar refractivity (Wildman–Crippen MR) is 112 cm³/mol. The number of carbonyl (C=O) groups is 1. The Balaban J connectivity index is 1.52. The molecule has 2 aromatic carbocycles. The average molecular weight is 371 g/mol. The number of primary amides is 1. The number of rotatable bonds is 5. The number of carbonyl (C=O) groups excluding carboxylic acids is 1. The van der Waals surface area contributed by atoms with Gasteiger partial charge in [-0.1, -0.05) is 48.5 Å². The molecular formula is C24H25N3O. The molecule has 1 aromatic heterocycles. The maximum atomic E-state index is 11.5. The first-order chi connectivity index (χ1) is 13.7. The van der Waals surface area contributed by atoms with Crippen LogP contribution in [-0.2, 0) is 6.54 Å². The minimum atomic E-state index is -0.415. The minimum Gasteiger partial charge on any atom is -0.366 e. The van der Waals surface area contributed by atoms with Crippen LogP contribution in [0.15, 0.2) is 72.8 Å². The summed E-state index contributed by atoms with van der Waals surface area (Å²) in [5, 5.41) is 0. The van der Waals surface area contributed by atoms with Crippen LogP contribution < -0.4 is 5.73 Å². The molecule has 4 nitrogen and oxygen atoms in total. The Labute approximate surface area is 166 Å². The Hall–Kier alpha value is -2.98. The summed E-state index contributed by atoms with van der Waals surface area (Å²) in [6, 6.07) is 24.2. The van der Waals surface area contributed by atoms with E-state index in [9.17, 15) is 4.79 Å². The van der Waals surface area contributed by atoms with Crippen LogP contribution in [0.3, 0.4) is 0 Å². The van der Waals surface area contributed by atoms with E-state index in [0.29, 0.717) is 11.5 Å². The van der Waals surface area contributed by atoms with Gasteiger partial charge in [-0.15, -0.1) is 0 Å². The summed E-state index contributed by atoms with van der Waals surface area (Å²) < 4.78 is 0. The average Bonchev–Trinajstić information content (AvgIpc) is 2.75. The molecule has 0 saturated carbocycles. The molecule has 2 heterocycles. The minimum absolute atomic E-state index is 0.415. The van der Waals surface area contributed by atoms with Gasteiger partial charge in [0.1, 0.15) is 0 Å². The van der Waals surface area contributed by atoms with Gasteiger partial charge in [0.15, 0.2) is 0 Å². The van der Waals surface area contributed by atoms with E-state index in [0.717, 1.165) is 43.0 Å². The lowest BCUT2D eigenvalue weighted by molar-refractivity contribution is 0.100. The molecule has 1 fully saturated rings. The van der Waals surface area contributed by atoms with Crippen LogP contribution in [0.1, 0.15) is 40.4 Å². The molecule has 1 amide bonds. The second kappa shape index (κ2) is 8.36. The largest absolute Gasteiger partial charge is 0.366 e.